The number of aromatic nitrogens is 3. The summed E-state index contributed by atoms with van der Waals surface area (Å²) in [5.74, 6) is 0.845. The molecule has 1 aliphatic carbocycles. The lowest BCUT2D eigenvalue weighted by Crippen LogP contribution is -2.46. The second kappa shape index (κ2) is 8.46. The van der Waals surface area contributed by atoms with Crippen molar-refractivity contribution in [2.24, 2.45) is 11.8 Å². The first-order chi connectivity index (χ1) is 16.9. The number of hydrogen-bond acceptors (Lipinski definition) is 7. The molecule has 1 N–H and O–H groups in total. The largest absolute Gasteiger partial charge is 0.413 e. The number of hydrogen-bond donors (Lipinski definition) is 1. The highest BCUT2D eigenvalue weighted by atomic mass is 32.1. The third-order valence-electron chi connectivity index (χ3n) is 6.87. The molecule has 2 amide bonds. The summed E-state index contributed by atoms with van der Waals surface area (Å²) in [5, 5.41) is 4.28. The SMILES string of the molecule is Cc1cccc(-c2sc(C)nc2C(=O)N2C[C@@H]3C[C@@H]3[C@H]2CNC(=O)Oc2sc3nccn3c2C)c1. The van der Waals surface area contributed by atoms with E-state index in [-0.39, 0.29) is 11.9 Å². The van der Waals surface area contributed by atoms with Gasteiger partial charge in [0.1, 0.15) is 5.69 Å². The van der Waals surface area contributed by atoms with Crippen molar-refractivity contribution in [2.75, 3.05) is 13.1 Å². The van der Waals surface area contributed by atoms with Crippen LogP contribution in [0.15, 0.2) is 36.7 Å². The van der Waals surface area contributed by atoms with Gasteiger partial charge in [0.2, 0.25) is 5.06 Å². The van der Waals surface area contributed by atoms with Crippen molar-refractivity contribution < 1.29 is 14.3 Å². The molecular weight excluding hydrogens is 482 g/mol. The molecule has 1 saturated heterocycles. The van der Waals surface area contributed by atoms with Crippen molar-refractivity contribution in [1.29, 1.82) is 0 Å². The van der Waals surface area contributed by atoms with Crippen LogP contribution in [-0.4, -0.2) is 50.4 Å². The minimum Gasteiger partial charge on any atom is -0.397 e. The Labute approximate surface area is 210 Å². The molecule has 2 fully saturated rings. The number of nitrogens with zero attached hydrogens (tertiary/aromatic N) is 4. The Bertz CT molecular complexity index is 1450. The maximum absolute atomic E-state index is 13.7. The van der Waals surface area contributed by atoms with Crippen molar-refractivity contribution in [1.82, 2.24) is 24.6 Å². The Morgan fingerprint density at radius 3 is 2.89 bits per heavy atom. The van der Waals surface area contributed by atoms with Gasteiger partial charge in [-0.25, -0.2) is 14.8 Å². The predicted molar refractivity (Wildman–Crippen MR) is 135 cm³/mol. The number of carbonyl (C=O) groups is 2. The Kier molecular flexibility index (Phi) is 5.37. The highest BCUT2D eigenvalue weighted by molar-refractivity contribution is 7.19. The van der Waals surface area contributed by atoms with Gasteiger partial charge in [-0.15, -0.1) is 11.3 Å². The van der Waals surface area contributed by atoms with Crippen molar-refractivity contribution >= 4 is 39.6 Å². The standard InChI is InChI=1S/C25H25N5O3S2/c1-13-5-4-6-16(9-13)21-20(28-15(3)34-21)22(31)30-12-17-10-18(17)19(30)11-27-25(32)33-23-14(2)29-8-7-26-24(29)35-23/h4-9,17-19H,10-12H2,1-3H3,(H,27,32)/t17-,18-,19+/m0/s1. The fourth-order valence-electron chi connectivity index (χ4n) is 5.03. The lowest BCUT2D eigenvalue weighted by molar-refractivity contribution is 0.0700. The van der Waals surface area contributed by atoms with Crippen molar-refractivity contribution in [3.63, 3.8) is 0 Å². The van der Waals surface area contributed by atoms with Crippen LogP contribution >= 0.6 is 22.7 Å². The number of rotatable bonds is 5. The molecule has 3 atom stereocenters. The predicted octanol–water partition coefficient (Wildman–Crippen LogP) is 4.69. The van der Waals surface area contributed by atoms with Gasteiger partial charge in [-0.1, -0.05) is 41.2 Å². The molecule has 0 unspecified atom stereocenters. The van der Waals surface area contributed by atoms with Gasteiger partial charge in [0.05, 0.1) is 21.6 Å². The van der Waals surface area contributed by atoms with Crippen LogP contribution in [0.5, 0.6) is 5.06 Å². The second-order valence-electron chi connectivity index (χ2n) is 9.29. The third kappa shape index (κ3) is 4.00. The first-order valence-corrected chi connectivity index (χ1v) is 13.3. The van der Waals surface area contributed by atoms with E-state index < -0.39 is 6.09 Å². The number of piperidine rings is 1. The van der Waals surface area contributed by atoms with Crippen LogP contribution in [0, 0.1) is 32.6 Å². The van der Waals surface area contributed by atoms with E-state index in [1.807, 2.05) is 54.5 Å². The van der Waals surface area contributed by atoms with E-state index in [0.29, 0.717) is 35.7 Å². The zero-order valence-corrected chi connectivity index (χ0v) is 21.3. The number of ether oxygens (including phenoxy) is 1. The van der Waals surface area contributed by atoms with Gasteiger partial charge >= 0.3 is 6.09 Å². The third-order valence-corrected chi connectivity index (χ3v) is 8.94. The molecule has 1 aromatic carbocycles. The summed E-state index contributed by atoms with van der Waals surface area (Å²) in [6, 6.07) is 8.10. The van der Waals surface area contributed by atoms with E-state index in [9.17, 15) is 9.59 Å². The molecule has 0 spiro atoms. The van der Waals surface area contributed by atoms with Crippen LogP contribution in [0.25, 0.3) is 15.4 Å². The van der Waals surface area contributed by atoms with E-state index in [4.69, 9.17) is 4.74 Å². The van der Waals surface area contributed by atoms with E-state index in [0.717, 1.165) is 38.1 Å². The van der Waals surface area contributed by atoms with E-state index in [1.165, 1.54) is 11.3 Å². The number of aryl methyl sites for hydroxylation is 3. The molecule has 10 heteroatoms. The monoisotopic (exact) mass is 507 g/mol. The van der Waals surface area contributed by atoms with Gasteiger partial charge in [-0.05, 0) is 44.6 Å². The van der Waals surface area contributed by atoms with Crippen LogP contribution in [0.4, 0.5) is 4.79 Å². The molecular formula is C25H25N5O3S2. The number of carbonyl (C=O) groups excluding carboxylic acids is 2. The number of nitrogens with one attached hydrogen (secondary N) is 1. The lowest BCUT2D eigenvalue weighted by Gasteiger charge is -2.27. The molecule has 4 heterocycles. The molecule has 35 heavy (non-hydrogen) atoms. The maximum Gasteiger partial charge on any atom is 0.413 e. The number of amides is 2. The maximum atomic E-state index is 13.7. The summed E-state index contributed by atoms with van der Waals surface area (Å²) in [5.41, 5.74) is 3.49. The summed E-state index contributed by atoms with van der Waals surface area (Å²) in [6.07, 6.45) is 4.13. The van der Waals surface area contributed by atoms with Gasteiger partial charge in [0.25, 0.3) is 5.91 Å². The number of thiazole rings is 2. The molecule has 4 aromatic rings. The Morgan fingerprint density at radius 2 is 2.09 bits per heavy atom. The minimum atomic E-state index is -0.515. The van der Waals surface area contributed by atoms with E-state index in [2.05, 4.69) is 21.4 Å². The summed E-state index contributed by atoms with van der Waals surface area (Å²) in [6.45, 7) is 6.93. The Balaban J connectivity index is 1.17. The minimum absolute atomic E-state index is 0.0610. The van der Waals surface area contributed by atoms with Crippen LogP contribution in [-0.2, 0) is 0 Å². The van der Waals surface area contributed by atoms with Gasteiger partial charge in [0.15, 0.2) is 4.96 Å². The zero-order chi connectivity index (χ0) is 24.3. The van der Waals surface area contributed by atoms with Gasteiger partial charge in [-0.3, -0.25) is 9.20 Å². The molecule has 3 aromatic heterocycles. The van der Waals surface area contributed by atoms with Crippen LogP contribution in [0.3, 0.4) is 0 Å². The molecule has 1 aliphatic heterocycles. The first kappa shape index (κ1) is 22.2. The fourth-order valence-corrected chi connectivity index (χ4v) is 6.88. The Hall–Kier alpha value is -3.24. The summed E-state index contributed by atoms with van der Waals surface area (Å²) >= 11 is 2.87. The molecule has 0 bridgehead atoms. The zero-order valence-electron chi connectivity index (χ0n) is 19.6. The van der Waals surface area contributed by atoms with E-state index in [1.54, 1.807) is 17.5 Å². The summed E-state index contributed by atoms with van der Waals surface area (Å²) in [4.78, 5) is 38.7. The second-order valence-corrected chi connectivity index (χ2v) is 11.4. The van der Waals surface area contributed by atoms with E-state index >= 15 is 0 Å². The highest BCUT2D eigenvalue weighted by Gasteiger charge is 2.54. The molecule has 0 radical (unpaired) electrons. The van der Waals surface area contributed by atoms with Crippen LogP contribution < -0.4 is 10.1 Å². The molecule has 1 saturated carbocycles. The first-order valence-electron chi connectivity index (χ1n) is 11.6. The topological polar surface area (TPSA) is 88.8 Å². The molecule has 180 valence electrons. The normalized spacial score (nSPS) is 20.8. The van der Waals surface area contributed by atoms with Gasteiger partial charge in [0, 0.05) is 25.5 Å². The van der Waals surface area contributed by atoms with Crippen molar-refractivity contribution in [3.05, 3.63) is 58.6 Å². The fraction of sp³-hybridized carbons (Fsp3) is 0.360. The number of likely N-dealkylation sites (tertiary alicyclic amines) is 1. The molecule has 6 rings (SSSR count). The lowest BCUT2D eigenvalue weighted by atomic mass is 10.1. The van der Waals surface area contributed by atoms with Crippen molar-refractivity contribution in [3.8, 4) is 15.5 Å². The quantitative estimate of drug-likeness (QED) is 0.423. The average Bonchev–Trinajstić information content (AvgIpc) is 3.16. The smallest absolute Gasteiger partial charge is 0.397 e. The summed E-state index contributed by atoms with van der Waals surface area (Å²) in [7, 11) is 0. The van der Waals surface area contributed by atoms with Crippen LogP contribution in [0.2, 0.25) is 0 Å². The highest BCUT2D eigenvalue weighted by Crippen LogP contribution is 2.50. The number of fused-ring (bicyclic) bond motifs is 2. The van der Waals surface area contributed by atoms with Crippen LogP contribution in [0.1, 0.15) is 33.2 Å². The van der Waals surface area contributed by atoms with Gasteiger partial charge < -0.3 is 15.0 Å². The average molecular weight is 508 g/mol. The Morgan fingerprint density at radius 1 is 1.23 bits per heavy atom. The van der Waals surface area contributed by atoms with Crippen molar-refractivity contribution in [2.45, 2.75) is 33.2 Å². The molecule has 8 nitrogen and oxygen atoms in total. The number of imidazole rings is 1. The van der Waals surface area contributed by atoms with Gasteiger partial charge in [-0.2, -0.15) is 0 Å². The number of benzene rings is 1. The summed E-state index contributed by atoms with van der Waals surface area (Å²) < 4.78 is 7.45. The molecule has 2 aliphatic rings.